The van der Waals surface area contributed by atoms with Crippen LogP contribution < -0.4 is 9.47 Å². The number of carbonyl (C=O) groups excluding carboxylic acids is 1. The van der Waals surface area contributed by atoms with Crippen molar-refractivity contribution in [1.82, 2.24) is 4.90 Å². The molecule has 1 amide bonds. The lowest BCUT2D eigenvalue weighted by molar-refractivity contribution is -0.122. The van der Waals surface area contributed by atoms with Gasteiger partial charge in [0.15, 0.2) is 5.17 Å². The van der Waals surface area contributed by atoms with E-state index in [2.05, 4.69) is 0 Å². The second kappa shape index (κ2) is 10.2. The van der Waals surface area contributed by atoms with E-state index in [1.165, 1.54) is 11.8 Å². The fourth-order valence-corrected chi connectivity index (χ4v) is 4.25. The predicted octanol–water partition coefficient (Wildman–Crippen LogP) is 5.38. The molecule has 0 spiro atoms. The molecule has 4 rings (SSSR count). The second-order valence-electron chi connectivity index (χ2n) is 7.21. The van der Waals surface area contributed by atoms with Gasteiger partial charge in [-0.3, -0.25) is 14.7 Å². The molecule has 1 aliphatic rings. The van der Waals surface area contributed by atoms with Gasteiger partial charge in [0.1, 0.15) is 11.5 Å². The van der Waals surface area contributed by atoms with Gasteiger partial charge in [-0.2, -0.15) is 0 Å². The fourth-order valence-electron chi connectivity index (χ4n) is 3.27. The first-order valence-corrected chi connectivity index (χ1v) is 11.0. The van der Waals surface area contributed by atoms with Crippen LogP contribution >= 0.6 is 11.8 Å². The highest BCUT2D eigenvalue weighted by atomic mass is 32.2. The zero-order chi connectivity index (χ0) is 22.3. The lowest BCUT2D eigenvalue weighted by Crippen LogP contribution is -2.28. The lowest BCUT2D eigenvalue weighted by atomic mass is 10.2. The maximum absolute atomic E-state index is 13.3. The van der Waals surface area contributed by atoms with Gasteiger partial charge in [-0.15, -0.1) is 0 Å². The summed E-state index contributed by atoms with van der Waals surface area (Å²) in [7, 11) is 3.29. The number of hydrogen-bond donors (Lipinski definition) is 0. The number of nitrogens with zero attached hydrogens (tertiary/aromatic N) is 2. The van der Waals surface area contributed by atoms with Crippen molar-refractivity contribution in [3.8, 4) is 11.5 Å². The van der Waals surface area contributed by atoms with E-state index in [4.69, 9.17) is 14.5 Å². The summed E-state index contributed by atoms with van der Waals surface area (Å²) in [5.41, 5.74) is 3.05. The van der Waals surface area contributed by atoms with E-state index in [-0.39, 0.29) is 5.91 Å². The van der Waals surface area contributed by atoms with Gasteiger partial charge in [0.05, 0.1) is 32.2 Å². The number of methoxy groups -OCH3 is 2. The Morgan fingerprint density at radius 1 is 0.844 bits per heavy atom. The molecular weight excluding hydrogens is 420 g/mol. The molecule has 6 heteroatoms. The van der Waals surface area contributed by atoms with Crippen molar-refractivity contribution in [2.45, 2.75) is 13.1 Å². The minimum absolute atomic E-state index is 0.0387. The van der Waals surface area contributed by atoms with Crippen LogP contribution in [-0.4, -0.2) is 30.2 Å². The predicted molar refractivity (Wildman–Crippen MR) is 130 cm³/mol. The number of amidine groups is 1. The molecule has 1 fully saturated rings. The van der Waals surface area contributed by atoms with Gasteiger partial charge in [0.25, 0.3) is 5.91 Å². The first-order valence-electron chi connectivity index (χ1n) is 10.2. The molecule has 1 aliphatic heterocycles. The SMILES string of the molecule is COc1ccc(CN=C2S/C(=C\c3ccccc3)C(=O)N2Cc2ccc(OC)cc2)cc1. The molecule has 0 bridgehead atoms. The number of ether oxygens (including phenoxy) is 2. The molecule has 3 aromatic rings. The van der Waals surface area contributed by atoms with Crippen LogP contribution in [-0.2, 0) is 17.9 Å². The summed E-state index contributed by atoms with van der Waals surface area (Å²) in [4.78, 5) is 20.4. The quantitative estimate of drug-likeness (QED) is 0.459. The zero-order valence-corrected chi connectivity index (χ0v) is 18.8. The van der Waals surface area contributed by atoms with Crippen LogP contribution in [0.25, 0.3) is 6.08 Å². The summed E-state index contributed by atoms with van der Waals surface area (Å²) in [5, 5.41) is 0.698. The third kappa shape index (κ3) is 5.21. The molecule has 32 heavy (non-hydrogen) atoms. The Morgan fingerprint density at radius 2 is 1.44 bits per heavy atom. The number of amides is 1. The van der Waals surface area contributed by atoms with E-state index < -0.39 is 0 Å². The van der Waals surface area contributed by atoms with Crippen LogP contribution in [0.3, 0.4) is 0 Å². The molecule has 1 heterocycles. The van der Waals surface area contributed by atoms with E-state index in [1.54, 1.807) is 19.1 Å². The first-order chi connectivity index (χ1) is 15.7. The summed E-state index contributed by atoms with van der Waals surface area (Å²) >= 11 is 1.41. The van der Waals surface area contributed by atoms with E-state index in [0.717, 1.165) is 28.2 Å². The van der Waals surface area contributed by atoms with Crippen LogP contribution in [0.5, 0.6) is 11.5 Å². The molecule has 0 saturated carbocycles. The third-order valence-electron chi connectivity index (χ3n) is 5.04. The van der Waals surface area contributed by atoms with Gasteiger partial charge < -0.3 is 9.47 Å². The van der Waals surface area contributed by atoms with E-state index in [9.17, 15) is 4.79 Å². The highest BCUT2D eigenvalue weighted by Crippen LogP contribution is 2.34. The van der Waals surface area contributed by atoms with Crippen LogP contribution in [0.1, 0.15) is 16.7 Å². The Bertz CT molecular complexity index is 1120. The maximum atomic E-state index is 13.3. The molecule has 5 nitrogen and oxygen atoms in total. The number of thioether (sulfide) groups is 1. The van der Waals surface area contributed by atoms with E-state index in [1.807, 2.05) is 84.9 Å². The molecule has 0 unspecified atom stereocenters. The Labute approximate surface area is 192 Å². The van der Waals surface area contributed by atoms with Crippen molar-refractivity contribution >= 4 is 28.9 Å². The van der Waals surface area contributed by atoms with Gasteiger partial charge >= 0.3 is 0 Å². The van der Waals surface area contributed by atoms with E-state index in [0.29, 0.717) is 23.2 Å². The largest absolute Gasteiger partial charge is 0.497 e. The monoisotopic (exact) mass is 444 g/mol. The maximum Gasteiger partial charge on any atom is 0.267 e. The third-order valence-corrected chi connectivity index (χ3v) is 6.09. The van der Waals surface area contributed by atoms with Gasteiger partial charge in [-0.1, -0.05) is 54.6 Å². The number of aliphatic imine (C=N–C) groups is 1. The lowest BCUT2D eigenvalue weighted by Gasteiger charge is -2.16. The van der Waals surface area contributed by atoms with Crippen molar-refractivity contribution in [2.75, 3.05) is 14.2 Å². The van der Waals surface area contributed by atoms with Crippen molar-refractivity contribution in [2.24, 2.45) is 4.99 Å². The molecule has 0 aromatic heterocycles. The first kappa shape index (κ1) is 21.7. The normalized spacial score (nSPS) is 16.1. The Morgan fingerprint density at radius 3 is 2.03 bits per heavy atom. The highest BCUT2D eigenvalue weighted by molar-refractivity contribution is 8.18. The number of rotatable bonds is 7. The summed E-state index contributed by atoms with van der Waals surface area (Å²) in [6.45, 7) is 0.931. The molecule has 0 aliphatic carbocycles. The van der Waals surface area contributed by atoms with Crippen LogP contribution in [0.4, 0.5) is 0 Å². The Hall–Kier alpha value is -3.51. The van der Waals surface area contributed by atoms with Crippen LogP contribution in [0, 0.1) is 0 Å². The summed E-state index contributed by atoms with van der Waals surface area (Å²) in [6.07, 6.45) is 1.92. The molecule has 3 aromatic carbocycles. The van der Waals surface area contributed by atoms with Gasteiger partial charge in [-0.05, 0) is 58.8 Å². The molecule has 162 valence electrons. The highest BCUT2D eigenvalue weighted by Gasteiger charge is 2.33. The van der Waals surface area contributed by atoms with Gasteiger partial charge in [0, 0.05) is 0 Å². The van der Waals surface area contributed by atoms with Crippen molar-refractivity contribution in [3.63, 3.8) is 0 Å². The number of benzene rings is 3. The van der Waals surface area contributed by atoms with Gasteiger partial charge in [-0.25, -0.2) is 0 Å². The minimum atomic E-state index is -0.0387. The Balaban J connectivity index is 1.60. The molecule has 0 atom stereocenters. The zero-order valence-electron chi connectivity index (χ0n) is 18.0. The van der Waals surface area contributed by atoms with E-state index >= 15 is 0 Å². The minimum Gasteiger partial charge on any atom is -0.497 e. The fraction of sp³-hybridized carbons (Fsp3) is 0.154. The summed E-state index contributed by atoms with van der Waals surface area (Å²) in [6, 6.07) is 25.4. The molecular formula is C26H24N2O3S. The number of carbonyl (C=O) groups is 1. The summed E-state index contributed by atoms with van der Waals surface area (Å²) in [5.74, 6) is 1.55. The van der Waals surface area contributed by atoms with Crippen LogP contribution in [0.15, 0.2) is 88.8 Å². The number of hydrogen-bond acceptors (Lipinski definition) is 5. The molecule has 0 radical (unpaired) electrons. The topological polar surface area (TPSA) is 51.1 Å². The Kier molecular flexibility index (Phi) is 6.92. The van der Waals surface area contributed by atoms with Gasteiger partial charge in [0.2, 0.25) is 0 Å². The van der Waals surface area contributed by atoms with Crippen molar-refractivity contribution in [3.05, 3.63) is 100 Å². The van der Waals surface area contributed by atoms with Crippen molar-refractivity contribution in [1.29, 1.82) is 0 Å². The molecule has 0 N–H and O–H groups in total. The average molecular weight is 445 g/mol. The average Bonchev–Trinajstić information content (AvgIpc) is 3.13. The standard InChI is InChI=1S/C26H24N2O3S/c1-30-22-12-8-20(9-13-22)17-27-26-28(18-21-10-14-23(31-2)15-11-21)25(29)24(32-26)16-19-6-4-3-5-7-19/h3-16H,17-18H2,1-2H3/b24-16-,27-26?. The smallest absolute Gasteiger partial charge is 0.267 e. The molecule has 1 saturated heterocycles. The van der Waals surface area contributed by atoms with Crippen LogP contribution in [0.2, 0.25) is 0 Å². The van der Waals surface area contributed by atoms with Crippen molar-refractivity contribution < 1.29 is 14.3 Å². The second-order valence-corrected chi connectivity index (χ2v) is 8.22. The summed E-state index contributed by atoms with van der Waals surface area (Å²) < 4.78 is 10.5.